The van der Waals surface area contributed by atoms with E-state index in [2.05, 4.69) is 33.0 Å². The summed E-state index contributed by atoms with van der Waals surface area (Å²) in [6.45, 7) is 13.0. The predicted octanol–water partition coefficient (Wildman–Crippen LogP) is 2.99. The smallest absolute Gasteiger partial charge is 0.0939 e. The Morgan fingerprint density at radius 2 is 2.16 bits per heavy atom. The van der Waals surface area contributed by atoms with Crippen LogP contribution in [0.25, 0.3) is 0 Å². The summed E-state index contributed by atoms with van der Waals surface area (Å²) in [7, 11) is 0. The lowest BCUT2D eigenvalue weighted by atomic mass is 9.67. The summed E-state index contributed by atoms with van der Waals surface area (Å²) in [4.78, 5) is 0. The molecule has 3 nitrogen and oxygen atoms in total. The molecule has 2 fully saturated rings. The lowest BCUT2D eigenvalue weighted by Gasteiger charge is -2.45. The largest absolute Gasteiger partial charge is 0.378 e. The summed E-state index contributed by atoms with van der Waals surface area (Å²) in [5.74, 6) is 0.754. The van der Waals surface area contributed by atoms with Crippen LogP contribution in [0.2, 0.25) is 0 Å². The van der Waals surface area contributed by atoms with Crippen molar-refractivity contribution in [2.75, 3.05) is 26.4 Å². The monoisotopic (exact) mass is 269 g/mol. The van der Waals surface area contributed by atoms with Gasteiger partial charge in [0, 0.05) is 25.7 Å². The molecule has 0 radical (unpaired) electrons. The van der Waals surface area contributed by atoms with Crippen molar-refractivity contribution in [1.82, 2.24) is 5.32 Å². The molecule has 3 heteroatoms. The van der Waals surface area contributed by atoms with Gasteiger partial charge in [-0.15, -0.1) is 0 Å². The maximum atomic E-state index is 6.06. The van der Waals surface area contributed by atoms with Crippen LogP contribution in [-0.4, -0.2) is 38.0 Å². The van der Waals surface area contributed by atoms with Crippen molar-refractivity contribution in [2.45, 2.75) is 65.0 Å². The average Bonchev–Trinajstić information content (AvgIpc) is 2.77. The Morgan fingerprint density at radius 1 is 1.37 bits per heavy atom. The second-order valence-corrected chi connectivity index (χ2v) is 7.18. The Bertz CT molecular complexity index is 284. The minimum Gasteiger partial charge on any atom is -0.378 e. The molecular formula is C16H31NO2. The van der Waals surface area contributed by atoms with Crippen molar-refractivity contribution in [1.29, 1.82) is 0 Å². The molecule has 112 valence electrons. The Labute approximate surface area is 118 Å². The second-order valence-electron chi connectivity index (χ2n) is 7.18. The van der Waals surface area contributed by atoms with Crippen molar-refractivity contribution in [3.63, 3.8) is 0 Å². The minimum absolute atomic E-state index is 0.0433. The second kappa shape index (κ2) is 6.11. The third-order valence-corrected chi connectivity index (χ3v) is 5.05. The van der Waals surface area contributed by atoms with Gasteiger partial charge in [0.2, 0.25) is 0 Å². The van der Waals surface area contributed by atoms with Crippen molar-refractivity contribution >= 4 is 0 Å². The lowest BCUT2D eigenvalue weighted by Crippen LogP contribution is -2.45. The molecule has 2 aliphatic rings. The quantitative estimate of drug-likeness (QED) is 0.832. The summed E-state index contributed by atoms with van der Waals surface area (Å²) in [6, 6.07) is 0.596. The first-order chi connectivity index (χ1) is 8.97. The van der Waals surface area contributed by atoms with Gasteiger partial charge in [-0.3, -0.25) is 0 Å². The summed E-state index contributed by atoms with van der Waals surface area (Å²) < 4.78 is 11.6. The van der Waals surface area contributed by atoms with Crippen molar-refractivity contribution in [3.05, 3.63) is 0 Å². The van der Waals surface area contributed by atoms with Gasteiger partial charge >= 0.3 is 0 Å². The van der Waals surface area contributed by atoms with Crippen LogP contribution in [0, 0.1) is 11.3 Å². The van der Waals surface area contributed by atoms with Crippen LogP contribution in [-0.2, 0) is 9.47 Å². The van der Waals surface area contributed by atoms with Crippen molar-refractivity contribution in [2.24, 2.45) is 11.3 Å². The summed E-state index contributed by atoms with van der Waals surface area (Å²) in [5.41, 5.74) is 0.419. The third kappa shape index (κ3) is 3.71. The zero-order chi connectivity index (χ0) is 13.9. The first-order valence-corrected chi connectivity index (χ1v) is 7.92. The van der Waals surface area contributed by atoms with E-state index in [4.69, 9.17) is 9.47 Å². The highest BCUT2D eigenvalue weighted by atomic mass is 16.6. The molecule has 0 aromatic rings. The van der Waals surface area contributed by atoms with Crippen molar-refractivity contribution in [3.8, 4) is 0 Å². The maximum Gasteiger partial charge on any atom is 0.0939 e. The molecule has 0 aliphatic carbocycles. The number of rotatable bonds is 5. The van der Waals surface area contributed by atoms with E-state index in [-0.39, 0.29) is 5.60 Å². The van der Waals surface area contributed by atoms with Gasteiger partial charge in [0.05, 0.1) is 12.2 Å². The van der Waals surface area contributed by atoms with Gasteiger partial charge < -0.3 is 14.8 Å². The van der Waals surface area contributed by atoms with Gasteiger partial charge in [-0.2, -0.15) is 0 Å². The number of ether oxygens (including phenoxy) is 2. The number of nitrogens with one attached hydrogen (secondary N) is 1. The lowest BCUT2D eigenvalue weighted by molar-refractivity contribution is -0.117. The fourth-order valence-electron chi connectivity index (χ4n) is 3.93. The van der Waals surface area contributed by atoms with E-state index in [9.17, 15) is 0 Å². The normalized spacial score (nSPS) is 33.8. The highest BCUT2D eigenvalue weighted by Gasteiger charge is 2.45. The molecule has 2 aliphatic heterocycles. The molecule has 0 aromatic carbocycles. The fourth-order valence-corrected chi connectivity index (χ4v) is 3.93. The molecular weight excluding hydrogens is 238 g/mol. The van der Waals surface area contributed by atoms with E-state index in [0.717, 1.165) is 38.7 Å². The van der Waals surface area contributed by atoms with E-state index < -0.39 is 0 Å². The van der Waals surface area contributed by atoms with Crippen LogP contribution in [0.15, 0.2) is 0 Å². The molecule has 1 spiro atoms. The van der Waals surface area contributed by atoms with E-state index in [1.165, 1.54) is 19.3 Å². The molecule has 2 heterocycles. The highest BCUT2D eigenvalue weighted by molar-refractivity contribution is 4.95. The van der Waals surface area contributed by atoms with Crippen LogP contribution in [0.1, 0.15) is 53.4 Å². The summed E-state index contributed by atoms with van der Waals surface area (Å²) in [6.07, 6.45) is 4.71. The molecule has 19 heavy (non-hydrogen) atoms. The zero-order valence-corrected chi connectivity index (χ0v) is 13.1. The van der Waals surface area contributed by atoms with Crippen LogP contribution in [0.3, 0.4) is 0 Å². The fraction of sp³-hybridized carbons (Fsp3) is 1.00. The molecule has 0 aromatic heterocycles. The van der Waals surface area contributed by atoms with Crippen LogP contribution in [0.4, 0.5) is 0 Å². The SMILES string of the molecule is CCNC(C)CC(C)(C)C1CCOC2(CCOC2)C1. The Morgan fingerprint density at radius 3 is 2.79 bits per heavy atom. The molecule has 3 atom stereocenters. The predicted molar refractivity (Wildman–Crippen MR) is 78.4 cm³/mol. The maximum absolute atomic E-state index is 6.06. The van der Waals surface area contributed by atoms with Crippen LogP contribution in [0.5, 0.6) is 0 Å². The van der Waals surface area contributed by atoms with Gasteiger partial charge in [0.1, 0.15) is 0 Å². The molecule has 2 saturated heterocycles. The molecule has 3 unspecified atom stereocenters. The molecule has 2 rings (SSSR count). The topological polar surface area (TPSA) is 30.5 Å². The highest BCUT2D eigenvalue weighted by Crippen LogP contribution is 2.45. The molecule has 1 N–H and O–H groups in total. The standard InChI is InChI=1S/C16H31NO2/c1-5-17-13(2)10-15(3,4)14-6-8-19-16(11-14)7-9-18-12-16/h13-14,17H,5-12H2,1-4H3. The van der Waals surface area contributed by atoms with Crippen LogP contribution < -0.4 is 5.32 Å². The average molecular weight is 269 g/mol. The minimum atomic E-state index is 0.0433. The van der Waals surface area contributed by atoms with E-state index >= 15 is 0 Å². The zero-order valence-electron chi connectivity index (χ0n) is 13.1. The Kier molecular flexibility index (Phi) is 4.91. The van der Waals surface area contributed by atoms with Gasteiger partial charge in [-0.25, -0.2) is 0 Å². The number of hydrogen-bond donors (Lipinski definition) is 1. The van der Waals surface area contributed by atoms with E-state index in [0.29, 0.717) is 11.5 Å². The summed E-state index contributed by atoms with van der Waals surface area (Å²) >= 11 is 0. The van der Waals surface area contributed by atoms with E-state index in [1.807, 2.05) is 0 Å². The Balaban J connectivity index is 1.95. The van der Waals surface area contributed by atoms with Gasteiger partial charge in [-0.1, -0.05) is 20.8 Å². The first kappa shape index (κ1) is 15.3. The summed E-state index contributed by atoms with van der Waals surface area (Å²) in [5, 5.41) is 3.55. The molecule has 0 amide bonds. The van der Waals surface area contributed by atoms with Gasteiger partial charge in [-0.05, 0) is 44.1 Å². The molecule has 0 saturated carbocycles. The third-order valence-electron chi connectivity index (χ3n) is 5.05. The Hall–Kier alpha value is -0.120. The van der Waals surface area contributed by atoms with E-state index in [1.54, 1.807) is 0 Å². The first-order valence-electron chi connectivity index (χ1n) is 7.92. The van der Waals surface area contributed by atoms with Crippen molar-refractivity contribution < 1.29 is 9.47 Å². The molecule has 0 bridgehead atoms. The van der Waals surface area contributed by atoms with Crippen LogP contribution >= 0.6 is 0 Å². The van der Waals surface area contributed by atoms with Gasteiger partial charge in [0.15, 0.2) is 0 Å². The number of hydrogen-bond acceptors (Lipinski definition) is 3. The van der Waals surface area contributed by atoms with Gasteiger partial charge in [0.25, 0.3) is 0 Å².